The summed E-state index contributed by atoms with van der Waals surface area (Å²) in [5.41, 5.74) is 2.48. The van der Waals surface area contributed by atoms with Gasteiger partial charge in [-0.25, -0.2) is 4.39 Å². The molecule has 2 aliphatic rings. The minimum atomic E-state index is -0.664. The molecular formula is C26H37FN6O3. The molecule has 10 heteroatoms. The first kappa shape index (κ1) is 26.1. The molecule has 0 saturated carbocycles. The van der Waals surface area contributed by atoms with E-state index in [1.165, 1.54) is 12.1 Å². The second-order valence-corrected chi connectivity index (χ2v) is 9.85. The lowest BCUT2D eigenvalue weighted by Crippen LogP contribution is -2.50. The maximum atomic E-state index is 15.0. The Labute approximate surface area is 212 Å². The van der Waals surface area contributed by atoms with Gasteiger partial charge in [-0.3, -0.25) is 4.90 Å². The number of ether oxygens (including phenoxy) is 1. The quantitative estimate of drug-likeness (QED) is 0.530. The largest absolute Gasteiger partial charge is 0.506 e. The standard InChI is InChI=1S/C26H37FN6O3/c1-6-22(35)31-11-13-32(14-12-31)25-19-9-10-33(24-21(34)8-7-17(2)23(24)27)16-20(19)28-26(29-25)36-18(3)15-30(4)5/h6-8,18,22,34-35H,1,9-16H2,2-5H3/t18-,22?/m1/s1. The first-order valence-corrected chi connectivity index (χ1v) is 12.4. The summed E-state index contributed by atoms with van der Waals surface area (Å²) in [5, 5.41) is 20.6. The van der Waals surface area contributed by atoms with Gasteiger partial charge < -0.3 is 29.6 Å². The number of phenols is 1. The molecule has 1 aromatic heterocycles. The van der Waals surface area contributed by atoms with Crippen LogP contribution in [-0.4, -0.2) is 95.7 Å². The van der Waals surface area contributed by atoms with Crippen LogP contribution >= 0.6 is 0 Å². The zero-order valence-corrected chi connectivity index (χ0v) is 21.6. The Hall–Kier alpha value is -2.95. The summed E-state index contributed by atoms with van der Waals surface area (Å²) in [6.45, 7) is 11.7. The van der Waals surface area contributed by atoms with Crippen molar-refractivity contribution >= 4 is 11.5 Å². The smallest absolute Gasteiger partial charge is 0.318 e. The number of hydrogen-bond acceptors (Lipinski definition) is 9. The van der Waals surface area contributed by atoms with Crippen LogP contribution in [0, 0.1) is 12.7 Å². The van der Waals surface area contributed by atoms with Crippen LogP contribution in [0.15, 0.2) is 24.8 Å². The van der Waals surface area contributed by atoms with Gasteiger partial charge in [-0.1, -0.05) is 12.6 Å². The Morgan fingerprint density at radius 1 is 1.17 bits per heavy atom. The van der Waals surface area contributed by atoms with Gasteiger partial charge in [0, 0.05) is 44.8 Å². The number of hydrogen-bond donors (Lipinski definition) is 2. The van der Waals surface area contributed by atoms with Gasteiger partial charge in [0.25, 0.3) is 0 Å². The lowest BCUT2D eigenvalue weighted by atomic mass is 10.0. The number of anilines is 2. The molecule has 1 fully saturated rings. The monoisotopic (exact) mass is 500 g/mol. The minimum Gasteiger partial charge on any atom is -0.506 e. The Balaban J connectivity index is 1.65. The number of aryl methyl sites for hydroxylation is 1. The molecule has 0 radical (unpaired) electrons. The van der Waals surface area contributed by atoms with E-state index in [0.29, 0.717) is 63.8 Å². The van der Waals surface area contributed by atoms with Gasteiger partial charge in [0.1, 0.15) is 29.6 Å². The third-order valence-electron chi connectivity index (χ3n) is 6.75. The molecule has 2 N–H and O–H groups in total. The molecule has 2 atom stereocenters. The van der Waals surface area contributed by atoms with Crippen LogP contribution in [0.1, 0.15) is 23.7 Å². The Morgan fingerprint density at radius 3 is 2.56 bits per heavy atom. The van der Waals surface area contributed by atoms with Crippen LogP contribution in [0.4, 0.5) is 15.9 Å². The molecule has 0 spiro atoms. The summed E-state index contributed by atoms with van der Waals surface area (Å²) in [5.74, 6) is 0.331. The summed E-state index contributed by atoms with van der Waals surface area (Å²) < 4.78 is 21.1. The van der Waals surface area contributed by atoms with Gasteiger partial charge in [-0.05, 0) is 52.1 Å². The normalized spacial score (nSPS) is 18.2. The molecule has 1 aromatic carbocycles. The molecule has 4 rings (SSSR count). The van der Waals surface area contributed by atoms with Crippen molar-refractivity contribution in [2.24, 2.45) is 0 Å². The third kappa shape index (κ3) is 5.55. The second kappa shape index (κ2) is 11.0. The number of rotatable bonds is 8. The number of likely N-dealkylation sites (N-methyl/N-ethyl adjacent to an activating group) is 1. The van der Waals surface area contributed by atoms with E-state index in [2.05, 4.69) is 11.5 Å². The molecule has 9 nitrogen and oxygen atoms in total. The van der Waals surface area contributed by atoms with E-state index in [4.69, 9.17) is 14.7 Å². The number of benzene rings is 1. The fourth-order valence-electron chi connectivity index (χ4n) is 4.93. The zero-order chi connectivity index (χ0) is 26.0. The molecule has 1 saturated heterocycles. The number of halogens is 1. The highest BCUT2D eigenvalue weighted by molar-refractivity contribution is 5.63. The fourth-order valence-corrected chi connectivity index (χ4v) is 4.93. The molecular weight excluding hydrogens is 463 g/mol. The number of aromatic nitrogens is 2. The lowest BCUT2D eigenvalue weighted by molar-refractivity contribution is 0.0379. The van der Waals surface area contributed by atoms with Crippen molar-refractivity contribution in [1.29, 1.82) is 0 Å². The van der Waals surface area contributed by atoms with Crippen molar-refractivity contribution in [3.63, 3.8) is 0 Å². The number of nitrogens with zero attached hydrogens (tertiary/aromatic N) is 6. The molecule has 2 aliphatic heterocycles. The molecule has 36 heavy (non-hydrogen) atoms. The van der Waals surface area contributed by atoms with Crippen molar-refractivity contribution in [2.45, 2.75) is 39.1 Å². The van der Waals surface area contributed by atoms with E-state index < -0.39 is 12.0 Å². The first-order chi connectivity index (χ1) is 17.2. The topological polar surface area (TPSA) is 88.4 Å². The Kier molecular flexibility index (Phi) is 7.97. The summed E-state index contributed by atoms with van der Waals surface area (Å²) in [6, 6.07) is 3.40. The molecule has 1 unspecified atom stereocenters. The van der Waals surface area contributed by atoms with Crippen molar-refractivity contribution in [1.82, 2.24) is 19.8 Å². The van der Waals surface area contributed by atoms with Crippen LogP contribution in [0.3, 0.4) is 0 Å². The predicted molar refractivity (Wildman–Crippen MR) is 138 cm³/mol. The summed E-state index contributed by atoms with van der Waals surface area (Å²) >= 11 is 0. The van der Waals surface area contributed by atoms with E-state index in [9.17, 15) is 14.6 Å². The van der Waals surface area contributed by atoms with E-state index in [0.717, 1.165) is 17.1 Å². The second-order valence-electron chi connectivity index (χ2n) is 9.85. The molecule has 196 valence electrons. The average Bonchev–Trinajstić information content (AvgIpc) is 2.85. The number of piperazine rings is 1. The van der Waals surface area contributed by atoms with Crippen LogP contribution in [0.2, 0.25) is 0 Å². The van der Waals surface area contributed by atoms with Gasteiger partial charge in [-0.15, -0.1) is 0 Å². The number of phenolic OH excluding ortho intramolecular Hbond substituents is 1. The van der Waals surface area contributed by atoms with Gasteiger partial charge in [-0.2, -0.15) is 9.97 Å². The van der Waals surface area contributed by atoms with Crippen molar-refractivity contribution in [3.8, 4) is 11.8 Å². The third-order valence-corrected chi connectivity index (χ3v) is 6.75. The number of aliphatic hydroxyl groups is 1. The lowest BCUT2D eigenvalue weighted by Gasteiger charge is -2.39. The number of aliphatic hydroxyl groups excluding tert-OH is 1. The maximum absolute atomic E-state index is 15.0. The van der Waals surface area contributed by atoms with Crippen LogP contribution < -0.4 is 14.5 Å². The van der Waals surface area contributed by atoms with E-state index in [1.807, 2.05) is 35.7 Å². The highest BCUT2D eigenvalue weighted by Gasteiger charge is 2.30. The van der Waals surface area contributed by atoms with Gasteiger partial charge in [0.2, 0.25) is 0 Å². The van der Waals surface area contributed by atoms with Crippen molar-refractivity contribution < 1.29 is 19.3 Å². The van der Waals surface area contributed by atoms with Crippen LogP contribution in [-0.2, 0) is 13.0 Å². The van der Waals surface area contributed by atoms with Gasteiger partial charge in [0.15, 0.2) is 5.82 Å². The molecule has 0 amide bonds. The predicted octanol–water partition coefficient (Wildman–Crippen LogP) is 2.15. The van der Waals surface area contributed by atoms with Crippen molar-refractivity contribution in [3.05, 3.63) is 47.4 Å². The van der Waals surface area contributed by atoms with Crippen LogP contribution in [0.25, 0.3) is 0 Å². The zero-order valence-electron chi connectivity index (χ0n) is 21.6. The Morgan fingerprint density at radius 2 is 1.89 bits per heavy atom. The summed E-state index contributed by atoms with van der Waals surface area (Å²) in [6.07, 6.45) is 1.36. The highest BCUT2D eigenvalue weighted by atomic mass is 19.1. The van der Waals surface area contributed by atoms with E-state index in [1.54, 1.807) is 13.0 Å². The van der Waals surface area contributed by atoms with Crippen molar-refractivity contribution in [2.75, 3.05) is 63.2 Å². The highest BCUT2D eigenvalue weighted by Crippen LogP contribution is 2.37. The maximum Gasteiger partial charge on any atom is 0.318 e. The summed E-state index contributed by atoms with van der Waals surface area (Å²) in [4.78, 5) is 17.6. The first-order valence-electron chi connectivity index (χ1n) is 12.4. The molecule has 3 heterocycles. The van der Waals surface area contributed by atoms with Gasteiger partial charge >= 0.3 is 6.01 Å². The number of fused-ring (bicyclic) bond motifs is 1. The SMILES string of the molecule is C=CC(O)N1CCN(c2nc(O[C@H](C)CN(C)C)nc3c2CCN(c2c(O)ccc(C)c2F)C3)CC1. The fraction of sp³-hybridized carbons (Fsp3) is 0.538. The van der Waals surface area contributed by atoms with Gasteiger partial charge in [0.05, 0.1) is 12.2 Å². The van der Waals surface area contributed by atoms with E-state index in [-0.39, 0.29) is 17.5 Å². The molecule has 0 bridgehead atoms. The number of aromatic hydroxyl groups is 1. The minimum absolute atomic E-state index is 0.0798. The molecule has 0 aliphatic carbocycles. The average molecular weight is 501 g/mol. The summed E-state index contributed by atoms with van der Waals surface area (Å²) in [7, 11) is 3.97. The van der Waals surface area contributed by atoms with E-state index >= 15 is 0 Å². The van der Waals surface area contributed by atoms with Crippen LogP contribution in [0.5, 0.6) is 11.8 Å². The Bertz CT molecular complexity index is 1090. The molecule has 2 aromatic rings.